The van der Waals surface area contributed by atoms with Crippen LogP contribution in [0.4, 0.5) is 0 Å². The predicted octanol–water partition coefficient (Wildman–Crippen LogP) is 0.526. The molecular formula is C10H8N2O2. The van der Waals surface area contributed by atoms with E-state index in [2.05, 4.69) is 5.10 Å². The molecule has 0 saturated heterocycles. The average Bonchev–Trinajstić information content (AvgIpc) is 2.23. The molecule has 1 aromatic carbocycles. The molecule has 4 nitrogen and oxygen atoms in total. The molecule has 4 heteroatoms. The fraction of sp³-hybridized carbons (Fsp3) is 0. The minimum absolute atomic E-state index is 0.521. The Morgan fingerprint density at radius 2 is 1.71 bits per heavy atom. The number of para-hydroxylation sites is 1. The van der Waals surface area contributed by atoms with Crippen LogP contribution >= 0.6 is 0 Å². The van der Waals surface area contributed by atoms with Crippen molar-refractivity contribution >= 4 is 0 Å². The lowest BCUT2D eigenvalue weighted by Gasteiger charge is -2.02. The Bertz CT molecular complexity index is 540. The number of aromatic amines is 1. The summed E-state index contributed by atoms with van der Waals surface area (Å²) in [5, 5.41) is 2.70. The van der Waals surface area contributed by atoms with Crippen molar-refractivity contribution in [2.45, 2.75) is 0 Å². The summed E-state index contributed by atoms with van der Waals surface area (Å²) in [6.07, 6.45) is 1.44. The summed E-state index contributed by atoms with van der Waals surface area (Å²) in [6.45, 7) is 0. The van der Waals surface area contributed by atoms with Crippen LogP contribution in [0, 0.1) is 0 Å². The van der Waals surface area contributed by atoms with E-state index in [4.69, 9.17) is 0 Å². The summed E-state index contributed by atoms with van der Waals surface area (Å²) < 4.78 is 1.21. The zero-order chi connectivity index (χ0) is 9.97. The van der Waals surface area contributed by atoms with Gasteiger partial charge in [-0.1, -0.05) is 18.2 Å². The first kappa shape index (κ1) is 8.50. The Kier molecular flexibility index (Phi) is 2.02. The van der Waals surface area contributed by atoms with Crippen molar-refractivity contribution in [3.8, 4) is 5.69 Å². The zero-order valence-corrected chi connectivity index (χ0v) is 7.31. The van der Waals surface area contributed by atoms with Gasteiger partial charge in [0.25, 0.3) is 0 Å². The number of nitrogens with one attached hydrogen (secondary N) is 1. The third kappa shape index (κ3) is 1.37. The van der Waals surface area contributed by atoms with Gasteiger partial charge in [-0.3, -0.25) is 14.7 Å². The highest BCUT2D eigenvalue weighted by Crippen LogP contribution is 1.99. The lowest BCUT2D eigenvalue weighted by molar-refractivity contribution is 0.797. The van der Waals surface area contributed by atoms with Gasteiger partial charge in [0.05, 0.1) is 5.69 Å². The first-order valence-corrected chi connectivity index (χ1v) is 4.15. The van der Waals surface area contributed by atoms with Gasteiger partial charge in [-0.05, 0) is 12.1 Å². The van der Waals surface area contributed by atoms with E-state index in [0.717, 1.165) is 0 Å². The zero-order valence-electron chi connectivity index (χ0n) is 7.31. The van der Waals surface area contributed by atoms with E-state index in [0.29, 0.717) is 5.69 Å². The van der Waals surface area contributed by atoms with Crippen molar-refractivity contribution < 1.29 is 0 Å². The van der Waals surface area contributed by atoms with Crippen LogP contribution in [0.3, 0.4) is 0 Å². The highest BCUT2D eigenvalue weighted by molar-refractivity contribution is 5.29. The molecule has 0 amide bonds. The van der Waals surface area contributed by atoms with Crippen molar-refractivity contribution in [2.75, 3.05) is 0 Å². The van der Waals surface area contributed by atoms with Gasteiger partial charge < -0.3 is 0 Å². The topological polar surface area (TPSA) is 54.9 Å². The molecule has 14 heavy (non-hydrogen) atoms. The molecule has 2 aromatic rings. The molecule has 0 atom stereocenters. The summed E-state index contributed by atoms with van der Waals surface area (Å²) in [5.41, 5.74) is -0.443. The van der Waals surface area contributed by atoms with Gasteiger partial charge in [-0.15, -0.1) is 0 Å². The third-order valence-electron chi connectivity index (χ3n) is 1.87. The normalized spacial score (nSPS) is 10.0. The highest BCUT2D eigenvalue weighted by atomic mass is 16.2. The van der Waals surface area contributed by atoms with Gasteiger partial charge in [-0.2, -0.15) is 0 Å². The Hall–Kier alpha value is -2.10. The van der Waals surface area contributed by atoms with Crippen molar-refractivity contribution in [1.29, 1.82) is 0 Å². The molecule has 0 unspecified atom stereocenters. The second kappa shape index (κ2) is 3.33. The molecule has 0 aliphatic carbocycles. The summed E-state index contributed by atoms with van der Waals surface area (Å²) in [5.74, 6) is 0. The van der Waals surface area contributed by atoms with E-state index in [1.54, 1.807) is 24.3 Å². The lowest BCUT2D eigenvalue weighted by atomic mass is 10.3. The predicted molar refractivity (Wildman–Crippen MR) is 52.7 cm³/mol. The monoisotopic (exact) mass is 188 g/mol. The smallest absolute Gasteiger partial charge is 0.298 e. The fourth-order valence-corrected chi connectivity index (χ4v) is 1.20. The van der Waals surface area contributed by atoms with Crippen molar-refractivity contribution in [3.05, 3.63) is 63.2 Å². The molecule has 2 rings (SSSR count). The molecule has 1 heterocycles. The molecule has 0 aliphatic heterocycles. The molecular weight excluding hydrogens is 180 g/mol. The number of H-pyrrole nitrogens is 1. The number of nitrogens with zero attached hydrogens (tertiary/aromatic N) is 1. The molecule has 0 fully saturated rings. The van der Waals surface area contributed by atoms with Crippen LogP contribution in [0.1, 0.15) is 0 Å². The molecule has 70 valence electrons. The maximum atomic E-state index is 11.4. The molecule has 0 saturated carbocycles. The quantitative estimate of drug-likeness (QED) is 0.663. The fourth-order valence-electron chi connectivity index (χ4n) is 1.20. The summed E-state index contributed by atoms with van der Waals surface area (Å²) >= 11 is 0. The maximum Gasteiger partial charge on any atom is 0.317 e. The Morgan fingerprint density at radius 1 is 1.00 bits per heavy atom. The Labute approximate surface area is 79.4 Å². The Balaban J connectivity index is 2.70. The van der Waals surface area contributed by atoms with Crippen molar-refractivity contribution in [1.82, 2.24) is 9.78 Å². The second-order valence-electron chi connectivity index (χ2n) is 2.80. The van der Waals surface area contributed by atoms with Crippen molar-refractivity contribution in [2.24, 2.45) is 0 Å². The molecule has 0 aliphatic rings. The van der Waals surface area contributed by atoms with E-state index in [9.17, 15) is 9.59 Å². The number of hydrogen-bond acceptors (Lipinski definition) is 2. The number of rotatable bonds is 1. The third-order valence-corrected chi connectivity index (χ3v) is 1.87. The van der Waals surface area contributed by atoms with Crippen LogP contribution in [-0.4, -0.2) is 9.78 Å². The van der Waals surface area contributed by atoms with Gasteiger partial charge in [0.1, 0.15) is 0 Å². The van der Waals surface area contributed by atoms with E-state index >= 15 is 0 Å². The molecule has 1 N–H and O–H groups in total. The summed E-state index contributed by atoms with van der Waals surface area (Å²) in [7, 11) is 0. The molecule has 0 spiro atoms. The largest absolute Gasteiger partial charge is 0.317 e. The van der Waals surface area contributed by atoms with Crippen LogP contribution in [0.15, 0.2) is 52.2 Å². The first-order valence-electron chi connectivity index (χ1n) is 4.15. The minimum atomic E-state index is -0.571. The van der Waals surface area contributed by atoms with Crippen LogP contribution in [0.25, 0.3) is 5.69 Å². The van der Waals surface area contributed by atoms with E-state index in [-0.39, 0.29) is 0 Å². The summed E-state index contributed by atoms with van der Waals surface area (Å²) in [6, 6.07) is 10.1. The van der Waals surface area contributed by atoms with E-state index in [1.807, 2.05) is 6.07 Å². The van der Waals surface area contributed by atoms with Crippen LogP contribution in [-0.2, 0) is 0 Å². The SMILES string of the molecule is O=c1cc[nH]n(-c2ccccc2)c1=O. The van der Waals surface area contributed by atoms with Gasteiger partial charge in [0.15, 0.2) is 0 Å². The van der Waals surface area contributed by atoms with E-state index < -0.39 is 11.0 Å². The minimum Gasteiger partial charge on any atom is -0.298 e. The molecule has 0 bridgehead atoms. The number of aromatic nitrogens is 2. The number of hydrogen-bond donors (Lipinski definition) is 1. The van der Waals surface area contributed by atoms with Crippen molar-refractivity contribution in [3.63, 3.8) is 0 Å². The molecule has 1 aromatic heterocycles. The average molecular weight is 188 g/mol. The standard InChI is InChI=1S/C10H8N2O2/c13-9-6-7-11-12(10(9)14)8-4-2-1-3-5-8/h1-7,11H. The Morgan fingerprint density at radius 3 is 2.43 bits per heavy atom. The van der Waals surface area contributed by atoms with Crippen LogP contribution < -0.4 is 11.0 Å². The second-order valence-corrected chi connectivity index (χ2v) is 2.80. The van der Waals surface area contributed by atoms with Gasteiger partial charge in [0, 0.05) is 12.3 Å². The van der Waals surface area contributed by atoms with Crippen LogP contribution in [0.5, 0.6) is 0 Å². The van der Waals surface area contributed by atoms with E-state index in [1.165, 1.54) is 16.9 Å². The maximum absolute atomic E-state index is 11.4. The number of benzene rings is 1. The highest BCUT2D eigenvalue weighted by Gasteiger charge is 2.00. The lowest BCUT2D eigenvalue weighted by Crippen LogP contribution is -2.33. The summed E-state index contributed by atoms with van der Waals surface area (Å²) in [4.78, 5) is 22.4. The van der Waals surface area contributed by atoms with Gasteiger partial charge >= 0.3 is 5.56 Å². The molecule has 0 radical (unpaired) electrons. The van der Waals surface area contributed by atoms with Gasteiger partial charge in [-0.25, -0.2) is 4.68 Å². The van der Waals surface area contributed by atoms with Gasteiger partial charge in [0.2, 0.25) is 5.43 Å². The van der Waals surface area contributed by atoms with Crippen LogP contribution in [0.2, 0.25) is 0 Å². The first-order chi connectivity index (χ1) is 6.79.